The van der Waals surface area contributed by atoms with Gasteiger partial charge in [-0.15, -0.1) is 0 Å². The minimum atomic E-state index is -2.20. The average Bonchev–Trinajstić information content (AvgIpc) is 3.24. The molecule has 1 aliphatic heterocycles. The van der Waals surface area contributed by atoms with E-state index in [1.54, 1.807) is 0 Å². The monoisotopic (exact) mass is 652 g/mol. The molecule has 2 unspecified atom stereocenters. The van der Waals surface area contributed by atoms with Crippen LogP contribution < -0.4 is 11.2 Å². The standard InChI is InChI=1S/C14H15Cl6N2O7P.C4H8O2/c1-21-9(23)4-5-22(11(21)24)10-3-2-8(28-10)14(29-30-25,26-6-12(15,16)17)27-7-13(18,19)20;1-2-3-4(5)6/h4-5,8,10H,2-3,6-7H2,1H3;2-3H2,1H3,(H,5,6). The van der Waals surface area contributed by atoms with Crippen LogP contribution in [0.15, 0.2) is 21.9 Å². The molecule has 18 heteroatoms. The van der Waals surface area contributed by atoms with E-state index in [-0.39, 0.29) is 12.8 Å². The highest BCUT2D eigenvalue weighted by Crippen LogP contribution is 2.41. The van der Waals surface area contributed by atoms with Gasteiger partial charge < -0.3 is 19.3 Å². The van der Waals surface area contributed by atoms with Crippen LogP contribution in [0.4, 0.5) is 0 Å². The molecule has 11 nitrogen and oxygen atoms in total. The minimum Gasteiger partial charge on any atom is -0.481 e. The summed E-state index contributed by atoms with van der Waals surface area (Å²) < 4.78 is 31.5. The molecule has 206 valence electrons. The van der Waals surface area contributed by atoms with Crippen molar-refractivity contribution in [3.8, 4) is 0 Å². The molecule has 0 saturated carbocycles. The third kappa shape index (κ3) is 11.3. The smallest absolute Gasteiger partial charge is 0.332 e. The first kappa shape index (κ1) is 33.9. The van der Waals surface area contributed by atoms with Gasteiger partial charge in [0.15, 0.2) is 0 Å². The van der Waals surface area contributed by atoms with Gasteiger partial charge >= 0.3 is 26.3 Å². The number of ether oxygens (including phenoxy) is 3. The van der Waals surface area contributed by atoms with Crippen molar-refractivity contribution in [3.63, 3.8) is 0 Å². The van der Waals surface area contributed by atoms with Crippen molar-refractivity contribution < 1.29 is 33.2 Å². The van der Waals surface area contributed by atoms with Crippen LogP contribution in [0.25, 0.3) is 0 Å². The Morgan fingerprint density at radius 3 is 2.11 bits per heavy atom. The molecule has 0 amide bonds. The Morgan fingerprint density at radius 1 is 1.14 bits per heavy atom. The highest BCUT2D eigenvalue weighted by atomic mass is 35.6. The van der Waals surface area contributed by atoms with Crippen LogP contribution >= 0.6 is 78.3 Å². The Kier molecular flexibility index (Phi) is 14.0. The van der Waals surface area contributed by atoms with Crippen molar-refractivity contribution in [1.82, 2.24) is 9.13 Å². The molecule has 2 rings (SSSR count). The first-order valence-corrected chi connectivity index (χ1v) is 13.1. The molecule has 2 atom stereocenters. The van der Waals surface area contributed by atoms with E-state index in [2.05, 4.69) is 0 Å². The number of hydrogen-bond donors (Lipinski definition) is 1. The van der Waals surface area contributed by atoms with Crippen LogP contribution in [0, 0.1) is 0 Å². The zero-order chi connectivity index (χ0) is 27.7. The number of carbonyl (C=O) groups is 1. The zero-order valence-corrected chi connectivity index (χ0v) is 24.3. The number of hydrogen-bond acceptors (Lipinski definition) is 8. The molecule has 0 aliphatic carbocycles. The number of aliphatic carboxylic acids is 1. The van der Waals surface area contributed by atoms with Crippen molar-refractivity contribution in [1.29, 1.82) is 0 Å². The molecule has 36 heavy (non-hydrogen) atoms. The lowest BCUT2D eigenvalue weighted by Crippen LogP contribution is -2.51. The van der Waals surface area contributed by atoms with E-state index >= 15 is 0 Å². The van der Waals surface area contributed by atoms with Crippen molar-refractivity contribution in [2.45, 2.75) is 58.5 Å². The van der Waals surface area contributed by atoms with Gasteiger partial charge in [-0.2, -0.15) is 0 Å². The largest absolute Gasteiger partial charge is 0.481 e. The van der Waals surface area contributed by atoms with E-state index in [9.17, 15) is 18.9 Å². The van der Waals surface area contributed by atoms with E-state index in [4.69, 9.17) is 93.4 Å². The molecule has 1 saturated heterocycles. The molecular formula is C18H23Cl6N2O9P. The predicted molar refractivity (Wildman–Crippen MR) is 136 cm³/mol. The summed E-state index contributed by atoms with van der Waals surface area (Å²) in [5.74, 6) is -2.91. The van der Waals surface area contributed by atoms with Crippen LogP contribution in [-0.2, 0) is 35.1 Å². The van der Waals surface area contributed by atoms with Gasteiger partial charge in [-0.05, 0) is 19.3 Å². The summed E-state index contributed by atoms with van der Waals surface area (Å²) in [7, 11) is 0.461. The summed E-state index contributed by atoms with van der Waals surface area (Å²) in [5.41, 5.74) is -1.09. The highest BCUT2D eigenvalue weighted by molar-refractivity contribution is 7.17. The van der Waals surface area contributed by atoms with Gasteiger partial charge in [0.2, 0.25) is 7.59 Å². The Morgan fingerprint density at radius 2 is 1.69 bits per heavy atom. The summed E-state index contributed by atoms with van der Waals surface area (Å²) in [4.78, 5) is 33.6. The molecule has 1 aliphatic rings. The molecule has 1 fully saturated rings. The number of nitrogens with zero attached hydrogens (tertiary/aromatic N) is 2. The summed E-state index contributed by atoms with van der Waals surface area (Å²) in [6.07, 6.45) is 0.875. The van der Waals surface area contributed by atoms with E-state index in [0.29, 0.717) is 6.42 Å². The average molecular weight is 655 g/mol. The fourth-order valence-electron chi connectivity index (χ4n) is 2.86. The maximum atomic E-state index is 12.4. The Labute approximate surface area is 237 Å². The molecule has 0 spiro atoms. The number of rotatable bonds is 10. The van der Waals surface area contributed by atoms with E-state index in [0.717, 1.165) is 11.0 Å². The van der Waals surface area contributed by atoms with Crippen molar-refractivity contribution in [3.05, 3.63) is 33.1 Å². The second-order valence-corrected chi connectivity index (χ2v) is 12.6. The van der Waals surface area contributed by atoms with Crippen molar-refractivity contribution in [2.75, 3.05) is 13.2 Å². The molecule has 0 bridgehead atoms. The topological polar surface area (TPSA) is 135 Å². The Hall–Kier alpha value is -0.170. The van der Waals surface area contributed by atoms with E-state index in [1.807, 2.05) is 6.92 Å². The number of aromatic nitrogens is 2. The minimum absolute atomic E-state index is 0.190. The number of alkyl halides is 6. The van der Waals surface area contributed by atoms with Gasteiger partial charge in [0.1, 0.15) is 12.3 Å². The Bertz CT molecular complexity index is 977. The van der Waals surface area contributed by atoms with Crippen molar-refractivity contribution in [2.24, 2.45) is 7.05 Å². The fourth-order valence-corrected chi connectivity index (χ4v) is 3.51. The second-order valence-electron chi connectivity index (χ2n) is 7.28. The van der Waals surface area contributed by atoms with Crippen LogP contribution in [0.5, 0.6) is 0 Å². The molecule has 1 aromatic heterocycles. The number of halogens is 6. The maximum Gasteiger partial charge on any atom is 0.332 e. The SMILES string of the molecule is CCCC(=O)O.Cn1c(=O)ccn(C2CCC(C(OCC(Cl)(Cl)Cl)(OCC(Cl)(Cl)Cl)OP=O)O2)c1=O. The molecule has 2 heterocycles. The lowest BCUT2D eigenvalue weighted by atomic mass is 10.2. The first-order valence-electron chi connectivity index (χ1n) is 10.1. The predicted octanol–water partition coefficient (Wildman–Crippen LogP) is 4.75. The van der Waals surface area contributed by atoms with Crippen LogP contribution in [-0.4, -0.2) is 53.1 Å². The van der Waals surface area contributed by atoms with Gasteiger partial charge in [0, 0.05) is 25.7 Å². The van der Waals surface area contributed by atoms with Crippen molar-refractivity contribution >= 4 is 84.3 Å². The van der Waals surface area contributed by atoms with Crippen LogP contribution in [0.3, 0.4) is 0 Å². The van der Waals surface area contributed by atoms with Gasteiger partial charge in [-0.1, -0.05) is 76.5 Å². The Balaban J connectivity index is 0.000000960. The van der Waals surface area contributed by atoms with Crippen LogP contribution in [0.1, 0.15) is 38.8 Å². The van der Waals surface area contributed by atoms with E-state index in [1.165, 1.54) is 23.9 Å². The first-order chi connectivity index (χ1) is 16.5. The zero-order valence-electron chi connectivity index (χ0n) is 18.9. The quantitative estimate of drug-likeness (QED) is 0.215. The van der Waals surface area contributed by atoms with Gasteiger partial charge in [0.25, 0.3) is 5.56 Å². The van der Waals surface area contributed by atoms with E-state index < -0.39 is 65.0 Å². The third-order valence-corrected chi connectivity index (χ3v) is 5.40. The molecular weight excluding hydrogens is 632 g/mol. The molecule has 1 aromatic rings. The van der Waals surface area contributed by atoms with Gasteiger partial charge in [-0.3, -0.25) is 18.7 Å². The summed E-state index contributed by atoms with van der Waals surface area (Å²) in [5, 5.41) is 7.91. The number of carboxylic acid groups (broad SMARTS) is 1. The third-order valence-electron chi connectivity index (χ3n) is 4.42. The normalized spacial score (nSPS) is 18.7. The molecule has 0 radical (unpaired) electrons. The van der Waals surface area contributed by atoms with Gasteiger partial charge in [0.05, 0.1) is 13.2 Å². The summed E-state index contributed by atoms with van der Waals surface area (Å²) in [6, 6.07) is 1.21. The summed E-state index contributed by atoms with van der Waals surface area (Å²) >= 11 is 34.4. The fraction of sp³-hybridized carbons (Fsp3) is 0.722. The summed E-state index contributed by atoms with van der Waals surface area (Å²) in [6.45, 7) is 0.725. The molecule has 1 N–H and O–H groups in total. The number of carboxylic acids is 1. The van der Waals surface area contributed by atoms with Gasteiger partial charge in [-0.25, -0.2) is 13.9 Å². The molecule has 0 aromatic carbocycles. The lowest BCUT2D eigenvalue weighted by molar-refractivity contribution is -0.381. The second kappa shape index (κ2) is 14.8. The maximum absolute atomic E-state index is 12.4. The highest BCUT2D eigenvalue weighted by Gasteiger charge is 2.51. The van der Waals surface area contributed by atoms with Crippen LogP contribution in [0.2, 0.25) is 0 Å². The lowest BCUT2D eigenvalue weighted by Gasteiger charge is -2.36.